The van der Waals surface area contributed by atoms with Gasteiger partial charge in [-0.25, -0.2) is 13.8 Å². The molecule has 0 atom stereocenters. The van der Waals surface area contributed by atoms with Crippen LogP contribution in [0.3, 0.4) is 0 Å². The standard InChI is InChI=1S/C24H31N3O4S2/c1-3-31-21-12-10-20(11-13-21)27(33(29,30)23-16-14-22(32-2)15-17-23)18-24(28)26-25-19-8-6-4-5-7-9-19/h10-17H,3-9,18H2,1-2H3,(H,26,28). The van der Waals surface area contributed by atoms with Crippen LogP contribution in [0.15, 0.2) is 63.4 Å². The summed E-state index contributed by atoms with van der Waals surface area (Å²) in [6, 6.07) is 13.3. The smallest absolute Gasteiger partial charge is 0.264 e. The van der Waals surface area contributed by atoms with Crippen LogP contribution < -0.4 is 14.5 Å². The van der Waals surface area contributed by atoms with Gasteiger partial charge in [-0.2, -0.15) is 5.10 Å². The molecule has 0 heterocycles. The lowest BCUT2D eigenvalue weighted by atomic mass is 10.2. The quantitative estimate of drug-likeness (QED) is 0.310. The Morgan fingerprint density at radius 1 is 1.03 bits per heavy atom. The number of benzene rings is 2. The van der Waals surface area contributed by atoms with Crippen molar-refractivity contribution in [3.05, 3.63) is 48.5 Å². The second-order valence-corrected chi connectivity index (χ2v) is 10.5. The maximum Gasteiger partial charge on any atom is 0.264 e. The molecule has 0 aliphatic heterocycles. The lowest BCUT2D eigenvalue weighted by Gasteiger charge is -2.24. The zero-order valence-corrected chi connectivity index (χ0v) is 20.8. The van der Waals surface area contributed by atoms with Crippen molar-refractivity contribution in [2.24, 2.45) is 5.10 Å². The molecule has 0 saturated heterocycles. The monoisotopic (exact) mass is 489 g/mol. The Bertz CT molecular complexity index is 1040. The molecule has 1 amide bonds. The van der Waals surface area contributed by atoms with Crippen molar-refractivity contribution in [2.45, 2.75) is 55.2 Å². The van der Waals surface area contributed by atoms with Gasteiger partial charge in [0.05, 0.1) is 17.2 Å². The first-order valence-corrected chi connectivity index (χ1v) is 13.8. The molecular weight excluding hydrogens is 458 g/mol. The number of nitrogens with one attached hydrogen (secondary N) is 1. The Morgan fingerprint density at radius 3 is 2.24 bits per heavy atom. The van der Waals surface area contributed by atoms with Crippen molar-refractivity contribution < 1.29 is 17.9 Å². The number of carbonyl (C=O) groups excluding carboxylic acids is 1. The lowest BCUT2D eigenvalue weighted by Crippen LogP contribution is -2.39. The maximum absolute atomic E-state index is 13.5. The summed E-state index contributed by atoms with van der Waals surface area (Å²) in [4.78, 5) is 13.8. The number of amides is 1. The van der Waals surface area contributed by atoms with Crippen LogP contribution in [0.1, 0.15) is 45.4 Å². The number of sulfonamides is 1. The summed E-state index contributed by atoms with van der Waals surface area (Å²) in [5.74, 6) is 0.150. The van der Waals surface area contributed by atoms with Crippen molar-refractivity contribution in [2.75, 3.05) is 23.7 Å². The van der Waals surface area contributed by atoms with Gasteiger partial charge in [-0.05, 0) is 87.4 Å². The van der Waals surface area contributed by atoms with Gasteiger partial charge in [0.1, 0.15) is 12.3 Å². The summed E-state index contributed by atoms with van der Waals surface area (Å²) in [7, 11) is -3.97. The molecule has 1 aliphatic rings. The molecule has 1 N–H and O–H groups in total. The predicted octanol–water partition coefficient (Wildman–Crippen LogP) is 4.83. The summed E-state index contributed by atoms with van der Waals surface area (Å²) in [6.07, 6.45) is 8.13. The Kier molecular flexibility index (Phi) is 9.20. The minimum Gasteiger partial charge on any atom is -0.494 e. The highest BCUT2D eigenvalue weighted by atomic mass is 32.2. The number of hydrogen-bond acceptors (Lipinski definition) is 6. The minimum absolute atomic E-state index is 0.122. The third-order valence-corrected chi connectivity index (χ3v) is 7.92. The number of rotatable bonds is 9. The average Bonchev–Trinajstić information content (AvgIpc) is 3.11. The molecule has 7 nitrogen and oxygen atoms in total. The van der Waals surface area contributed by atoms with Crippen LogP contribution in [0.5, 0.6) is 5.75 Å². The van der Waals surface area contributed by atoms with Crippen molar-refractivity contribution in [3.63, 3.8) is 0 Å². The fraction of sp³-hybridized carbons (Fsp3) is 0.417. The van der Waals surface area contributed by atoms with Crippen LogP contribution in [0, 0.1) is 0 Å². The van der Waals surface area contributed by atoms with Crippen LogP contribution in [0.4, 0.5) is 5.69 Å². The van der Waals surface area contributed by atoms with Gasteiger partial charge in [0.15, 0.2) is 0 Å². The van der Waals surface area contributed by atoms with Gasteiger partial charge in [-0.3, -0.25) is 9.10 Å². The zero-order valence-electron chi connectivity index (χ0n) is 19.1. The predicted molar refractivity (Wildman–Crippen MR) is 134 cm³/mol. The number of anilines is 1. The molecule has 33 heavy (non-hydrogen) atoms. The Morgan fingerprint density at radius 2 is 1.67 bits per heavy atom. The number of hydrazone groups is 1. The van der Waals surface area contributed by atoms with E-state index in [2.05, 4.69) is 10.5 Å². The summed E-state index contributed by atoms with van der Waals surface area (Å²) < 4.78 is 33.6. The van der Waals surface area contributed by atoms with E-state index in [1.165, 1.54) is 24.6 Å². The number of hydrogen-bond donors (Lipinski definition) is 1. The van der Waals surface area contributed by atoms with Crippen molar-refractivity contribution in [1.29, 1.82) is 0 Å². The van der Waals surface area contributed by atoms with E-state index in [0.717, 1.165) is 40.6 Å². The normalized spacial score (nSPS) is 14.3. The SMILES string of the molecule is CCOc1ccc(N(CC(=O)NN=C2CCCCCC2)S(=O)(=O)c2ccc(SC)cc2)cc1. The van der Waals surface area contributed by atoms with E-state index in [4.69, 9.17) is 4.74 Å². The summed E-state index contributed by atoms with van der Waals surface area (Å²) in [5, 5.41) is 4.28. The minimum atomic E-state index is -3.97. The van der Waals surface area contributed by atoms with Crippen LogP contribution in [-0.2, 0) is 14.8 Å². The Balaban J connectivity index is 1.85. The van der Waals surface area contributed by atoms with Gasteiger partial charge >= 0.3 is 0 Å². The highest BCUT2D eigenvalue weighted by Gasteiger charge is 2.27. The summed E-state index contributed by atoms with van der Waals surface area (Å²) in [5.41, 5.74) is 3.91. The van der Waals surface area contributed by atoms with Crippen LogP contribution in [0.2, 0.25) is 0 Å². The van der Waals surface area contributed by atoms with E-state index < -0.39 is 15.9 Å². The van der Waals surface area contributed by atoms with Gasteiger partial charge in [-0.15, -0.1) is 11.8 Å². The van der Waals surface area contributed by atoms with Gasteiger partial charge in [0, 0.05) is 10.6 Å². The lowest BCUT2D eigenvalue weighted by molar-refractivity contribution is -0.119. The highest BCUT2D eigenvalue weighted by molar-refractivity contribution is 7.98. The number of carbonyl (C=O) groups is 1. The average molecular weight is 490 g/mol. The molecule has 0 spiro atoms. The molecule has 0 aromatic heterocycles. The molecule has 0 bridgehead atoms. The highest BCUT2D eigenvalue weighted by Crippen LogP contribution is 2.27. The van der Waals surface area contributed by atoms with Gasteiger partial charge < -0.3 is 4.74 Å². The molecule has 1 saturated carbocycles. The van der Waals surface area contributed by atoms with Crippen molar-refractivity contribution in [1.82, 2.24) is 5.43 Å². The number of thioether (sulfide) groups is 1. The molecule has 1 aliphatic carbocycles. The Hall–Kier alpha value is -2.52. The third kappa shape index (κ3) is 6.98. The Labute approximate surface area is 200 Å². The fourth-order valence-electron chi connectivity index (χ4n) is 3.62. The van der Waals surface area contributed by atoms with Crippen molar-refractivity contribution in [3.8, 4) is 5.75 Å². The van der Waals surface area contributed by atoms with Crippen LogP contribution in [0.25, 0.3) is 0 Å². The second kappa shape index (κ2) is 12.1. The van der Waals surface area contributed by atoms with Gasteiger partial charge in [0.2, 0.25) is 0 Å². The van der Waals surface area contributed by atoms with Gasteiger partial charge in [0.25, 0.3) is 15.9 Å². The van der Waals surface area contributed by atoms with E-state index in [-0.39, 0.29) is 11.4 Å². The number of nitrogens with zero attached hydrogens (tertiary/aromatic N) is 2. The molecule has 0 unspecified atom stereocenters. The van der Waals surface area contributed by atoms with E-state index in [9.17, 15) is 13.2 Å². The third-order valence-electron chi connectivity index (χ3n) is 5.39. The number of ether oxygens (including phenoxy) is 1. The molecule has 1 fully saturated rings. The first-order valence-electron chi connectivity index (χ1n) is 11.2. The first kappa shape index (κ1) is 25.1. The van der Waals surface area contributed by atoms with Gasteiger partial charge in [-0.1, -0.05) is 12.8 Å². The largest absolute Gasteiger partial charge is 0.494 e. The van der Waals surface area contributed by atoms with Crippen molar-refractivity contribution >= 4 is 39.1 Å². The van der Waals surface area contributed by atoms with E-state index in [0.29, 0.717) is 18.0 Å². The van der Waals surface area contributed by atoms with E-state index in [1.54, 1.807) is 48.5 Å². The van der Waals surface area contributed by atoms with Crippen LogP contribution >= 0.6 is 11.8 Å². The summed E-state index contributed by atoms with van der Waals surface area (Å²) in [6.45, 7) is 2.01. The second-order valence-electron chi connectivity index (χ2n) is 7.74. The van der Waals surface area contributed by atoms with Crippen LogP contribution in [-0.4, -0.2) is 39.4 Å². The molecule has 2 aromatic rings. The molecule has 3 rings (SSSR count). The molecular formula is C24H31N3O4S2. The molecule has 2 aromatic carbocycles. The van der Waals surface area contributed by atoms with E-state index >= 15 is 0 Å². The molecule has 178 valence electrons. The zero-order chi connectivity index (χ0) is 23.7. The molecule has 0 radical (unpaired) electrons. The summed E-state index contributed by atoms with van der Waals surface area (Å²) >= 11 is 1.53. The first-order chi connectivity index (χ1) is 15.9. The molecule has 9 heteroatoms. The maximum atomic E-state index is 13.5. The van der Waals surface area contributed by atoms with E-state index in [1.807, 2.05) is 13.2 Å². The topological polar surface area (TPSA) is 88.1 Å². The fourth-order valence-corrected chi connectivity index (χ4v) is 5.45.